The molecule has 0 aliphatic rings. The van der Waals surface area contributed by atoms with E-state index < -0.39 is 0 Å². The van der Waals surface area contributed by atoms with E-state index in [9.17, 15) is 9.59 Å². The van der Waals surface area contributed by atoms with E-state index in [0.717, 1.165) is 4.90 Å². The molecule has 0 aromatic heterocycles. The van der Waals surface area contributed by atoms with E-state index in [-0.39, 0.29) is 18.4 Å². The zero-order chi connectivity index (χ0) is 21.5. The van der Waals surface area contributed by atoms with E-state index in [0.29, 0.717) is 17.1 Å². The Hall–Kier alpha value is -3.25. The average Bonchev–Trinajstić information content (AvgIpc) is 2.71. The van der Waals surface area contributed by atoms with E-state index in [1.807, 2.05) is 24.3 Å². The summed E-state index contributed by atoms with van der Waals surface area (Å²) >= 11 is 1.70. The monoisotopic (exact) mass is 420 g/mol. The van der Waals surface area contributed by atoms with Crippen LogP contribution in [0, 0.1) is 13.8 Å². The lowest BCUT2D eigenvalue weighted by Gasteiger charge is -2.12. The second kappa shape index (κ2) is 9.98. The van der Waals surface area contributed by atoms with Crippen LogP contribution in [0.3, 0.4) is 0 Å². The number of benzene rings is 3. The lowest BCUT2D eigenvalue weighted by Crippen LogP contribution is -2.20. The molecule has 0 radical (unpaired) electrons. The van der Waals surface area contributed by atoms with E-state index in [4.69, 9.17) is 4.74 Å². The zero-order valence-electron chi connectivity index (χ0n) is 17.2. The Labute approximate surface area is 180 Å². The van der Waals surface area contributed by atoms with Gasteiger partial charge in [0.15, 0.2) is 6.61 Å². The quantitative estimate of drug-likeness (QED) is 0.535. The number of anilines is 2. The summed E-state index contributed by atoms with van der Waals surface area (Å²) in [7, 11) is 0. The molecule has 30 heavy (non-hydrogen) atoms. The maximum atomic E-state index is 12.2. The van der Waals surface area contributed by atoms with Gasteiger partial charge in [0, 0.05) is 22.4 Å². The molecule has 0 heterocycles. The van der Waals surface area contributed by atoms with Crippen LogP contribution in [0.25, 0.3) is 0 Å². The standard InChI is InChI=1S/C24H24N2O3S/c1-16-8-9-17(2)23(14-16)30-20-12-10-19(11-13-20)26-24(28)15-29-22-7-5-4-6-21(22)25-18(3)27/h4-14H,15H2,1-3H3,(H,25,27)(H,26,28). The molecule has 6 heteroatoms. The molecule has 3 aromatic rings. The molecule has 0 fully saturated rings. The van der Waals surface area contributed by atoms with Gasteiger partial charge in [-0.25, -0.2) is 0 Å². The van der Waals surface area contributed by atoms with Crippen molar-refractivity contribution < 1.29 is 14.3 Å². The number of para-hydroxylation sites is 2. The number of aryl methyl sites for hydroxylation is 2. The molecule has 2 amide bonds. The summed E-state index contributed by atoms with van der Waals surface area (Å²) in [5, 5.41) is 5.51. The maximum Gasteiger partial charge on any atom is 0.262 e. The van der Waals surface area contributed by atoms with Gasteiger partial charge in [-0.05, 0) is 67.4 Å². The summed E-state index contributed by atoms with van der Waals surface area (Å²) in [5.41, 5.74) is 3.70. The molecule has 5 nitrogen and oxygen atoms in total. The Morgan fingerprint density at radius 3 is 2.40 bits per heavy atom. The normalized spacial score (nSPS) is 10.4. The second-order valence-corrected chi connectivity index (χ2v) is 8.02. The highest BCUT2D eigenvalue weighted by Gasteiger charge is 2.09. The third-order valence-electron chi connectivity index (χ3n) is 4.27. The number of ether oxygens (including phenoxy) is 1. The highest BCUT2D eigenvalue weighted by molar-refractivity contribution is 7.99. The number of rotatable bonds is 7. The van der Waals surface area contributed by atoms with Gasteiger partial charge in [0.2, 0.25) is 5.91 Å². The molecule has 0 saturated heterocycles. The molecule has 3 rings (SSSR count). The molecule has 0 aliphatic carbocycles. The molecule has 0 atom stereocenters. The minimum atomic E-state index is -0.275. The molecular weight excluding hydrogens is 396 g/mol. The van der Waals surface area contributed by atoms with Gasteiger partial charge in [-0.2, -0.15) is 0 Å². The first-order valence-electron chi connectivity index (χ1n) is 9.55. The molecule has 0 bridgehead atoms. The molecule has 2 N–H and O–H groups in total. The van der Waals surface area contributed by atoms with Crippen LogP contribution >= 0.6 is 11.8 Å². The largest absolute Gasteiger partial charge is 0.482 e. The smallest absolute Gasteiger partial charge is 0.262 e. The summed E-state index contributed by atoms with van der Waals surface area (Å²) < 4.78 is 5.57. The molecule has 0 aliphatic heterocycles. The van der Waals surface area contributed by atoms with Crippen LogP contribution in [0.5, 0.6) is 5.75 Å². The Morgan fingerprint density at radius 1 is 0.933 bits per heavy atom. The van der Waals surface area contributed by atoms with Crippen LogP contribution in [0.1, 0.15) is 18.1 Å². The topological polar surface area (TPSA) is 67.4 Å². The molecule has 0 unspecified atom stereocenters. The Balaban J connectivity index is 1.56. The summed E-state index contributed by atoms with van der Waals surface area (Å²) in [6.45, 7) is 5.44. The summed E-state index contributed by atoms with van der Waals surface area (Å²) in [6.07, 6.45) is 0. The van der Waals surface area contributed by atoms with Crippen molar-refractivity contribution in [2.45, 2.75) is 30.6 Å². The third kappa shape index (κ3) is 6.12. The predicted octanol–water partition coefficient (Wildman–Crippen LogP) is 5.43. The summed E-state index contributed by atoms with van der Waals surface area (Å²) in [5.74, 6) is -0.0278. The fourth-order valence-electron chi connectivity index (χ4n) is 2.78. The van der Waals surface area contributed by atoms with Crippen molar-refractivity contribution in [3.05, 3.63) is 77.9 Å². The first-order chi connectivity index (χ1) is 14.4. The van der Waals surface area contributed by atoms with Crippen molar-refractivity contribution >= 4 is 35.0 Å². The number of carbonyl (C=O) groups is 2. The van der Waals surface area contributed by atoms with Crippen LogP contribution in [-0.4, -0.2) is 18.4 Å². The summed E-state index contributed by atoms with van der Waals surface area (Å²) in [4.78, 5) is 25.8. The molecule has 0 saturated carbocycles. The van der Waals surface area contributed by atoms with Crippen LogP contribution in [0.4, 0.5) is 11.4 Å². The average molecular weight is 421 g/mol. The van der Waals surface area contributed by atoms with Crippen LogP contribution in [0.15, 0.2) is 76.5 Å². The van der Waals surface area contributed by atoms with Crippen molar-refractivity contribution in [2.24, 2.45) is 0 Å². The first kappa shape index (κ1) is 21.5. The van der Waals surface area contributed by atoms with Crippen molar-refractivity contribution in [3.8, 4) is 5.75 Å². The van der Waals surface area contributed by atoms with Crippen LogP contribution < -0.4 is 15.4 Å². The Morgan fingerprint density at radius 2 is 1.67 bits per heavy atom. The van der Waals surface area contributed by atoms with E-state index >= 15 is 0 Å². The lowest BCUT2D eigenvalue weighted by atomic mass is 10.2. The summed E-state index contributed by atoms with van der Waals surface area (Å²) in [6, 6.07) is 21.1. The van der Waals surface area contributed by atoms with Crippen molar-refractivity contribution in [1.82, 2.24) is 0 Å². The fraction of sp³-hybridized carbons (Fsp3) is 0.167. The van der Waals surface area contributed by atoms with Crippen LogP contribution in [-0.2, 0) is 9.59 Å². The van der Waals surface area contributed by atoms with Crippen molar-refractivity contribution in [1.29, 1.82) is 0 Å². The van der Waals surface area contributed by atoms with E-state index in [1.165, 1.54) is 22.9 Å². The lowest BCUT2D eigenvalue weighted by molar-refractivity contribution is -0.118. The van der Waals surface area contributed by atoms with Gasteiger partial charge >= 0.3 is 0 Å². The van der Waals surface area contributed by atoms with Crippen molar-refractivity contribution in [2.75, 3.05) is 17.2 Å². The van der Waals surface area contributed by atoms with E-state index in [2.05, 4.69) is 42.7 Å². The third-order valence-corrected chi connectivity index (χ3v) is 5.43. The van der Waals surface area contributed by atoms with Crippen molar-refractivity contribution in [3.63, 3.8) is 0 Å². The minimum Gasteiger partial charge on any atom is -0.482 e. The number of hydrogen-bond donors (Lipinski definition) is 2. The molecule has 0 spiro atoms. The molecular formula is C24H24N2O3S. The maximum absolute atomic E-state index is 12.2. The van der Waals surface area contributed by atoms with Gasteiger partial charge in [0.25, 0.3) is 5.91 Å². The highest BCUT2D eigenvalue weighted by atomic mass is 32.2. The van der Waals surface area contributed by atoms with Gasteiger partial charge in [0.05, 0.1) is 5.69 Å². The minimum absolute atomic E-state index is 0.157. The first-order valence-corrected chi connectivity index (χ1v) is 10.4. The second-order valence-electron chi connectivity index (χ2n) is 6.91. The Kier molecular flexibility index (Phi) is 7.14. The van der Waals surface area contributed by atoms with Gasteiger partial charge < -0.3 is 15.4 Å². The fourth-order valence-corrected chi connectivity index (χ4v) is 3.78. The van der Waals surface area contributed by atoms with Gasteiger partial charge in [-0.1, -0.05) is 36.0 Å². The molecule has 154 valence electrons. The number of carbonyl (C=O) groups excluding carboxylic acids is 2. The predicted molar refractivity (Wildman–Crippen MR) is 121 cm³/mol. The highest BCUT2D eigenvalue weighted by Crippen LogP contribution is 2.31. The number of hydrogen-bond acceptors (Lipinski definition) is 4. The van der Waals surface area contributed by atoms with Gasteiger partial charge in [-0.3, -0.25) is 9.59 Å². The Bertz CT molecular complexity index is 1050. The zero-order valence-corrected chi connectivity index (χ0v) is 18.0. The van der Waals surface area contributed by atoms with Gasteiger partial charge in [0.1, 0.15) is 5.75 Å². The van der Waals surface area contributed by atoms with Crippen LogP contribution in [0.2, 0.25) is 0 Å². The van der Waals surface area contributed by atoms with Gasteiger partial charge in [-0.15, -0.1) is 0 Å². The SMILES string of the molecule is CC(=O)Nc1ccccc1OCC(=O)Nc1ccc(Sc2cc(C)ccc2C)cc1. The molecule has 3 aromatic carbocycles. The number of amides is 2. The number of nitrogens with one attached hydrogen (secondary N) is 2. The van der Waals surface area contributed by atoms with E-state index in [1.54, 1.807) is 36.0 Å².